The van der Waals surface area contributed by atoms with Gasteiger partial charge in [-0.1, -0.05) is 30.3 Å². The van der Waals surface area contributed by atoms with Crippen molar-refractivity contribution in [3.05, 3.63) is 35.9 Å². The first kappa shape index (κ1) is 14.0. The largest absolute Gasteiger partial charge is 0.340 e. The van der Waals surface area contributed by atoms with Gasteiger partial charge in [0.1, 0.15) is 6.04 Å². The predicted molar refractivity (Wildman–Crippen MR) is 76.7 cm³/mol. The molecule has 4 nitrogen and oxygen atoms in total. The standard InChI is InChI=1S/C15H23N3O/c1-17-10-6-9-13(11-17)18(2)15(19)14(16)12-7-4-3-5-8-12/h3-5,7-8,13-14H,6,9-11,16H2,1-2H3. The molecule has 0 aliphatic carbocycles. The van der Waals surface area contributed by atoms with Crippen molar-refractivity contribution in [1.29, 1.82) is 0 Å². The Hall–Kier alpha value is -1.39. The molecule has 19 heavy (non-hydrogen) atoms. The lowest BCUT2D eigenvalue weighted by Gasteiger charge is -2.36. The number of hydrogen-bond acceptors (Lipinski definition) is 3. The molecule has 1 saturated heterocycles. The Morgan fingerprint density at radius 3 is 2.74 bits per heavy atom. The molecule has 0 radical (unpaired) electrons. The lowest BCUT2D eigenvalue weighted by atomic mass is 10.0. The molecule has 1 amide bonds. The second kappa shape index (κ2) is 6.17. The third kappa shape index (κ3) is 3.33. The number of hydrogen-bond donors (Lipinski definition) is 1. The van der Waals surface area contributed by atoms with E-state index < -0.39 is 6.04 Å². The lowest BCUT2D eigenvalue weighted by Crippen LogP contribution is -2.49. The fourth-order valence-corrected chi connectivity index (χ4v) is 2.66. The number of nitrogens with zero attached hydrogens (tertiary/aromatic N) is 2. The first-order valence-electron chi connectivity index (χ1n) is 6.85. The second-order valence-corrected chi connectivity index (χ2v) is 5.40. The number of rotatable bonds is 3. The van der Waals surface area contributed by atoms with Crippen LogP contribution in [0, 0.1) is 0 Å². The zero-order valence-corrected chi connectivity index (χ0v) is 11.7. The third-order valence-corrected chi connectivity index (χ3v) is 3.92. The van der Waals surface area contributed by atoms with E-state index in [0.29, 0.717) is 0 Å². The summed E-state index contributed by atoms with van der Waals surface area (Å²) in [6.45, 7) is 2.05. The van der Waals surface area contributed by atoms with Crippen molar-refractivity contribution in [2.75, 3.05) is 27.2 Å². The average Bonchev–Trinajstić information content (AvgIpc) is 2.46. The van der Waals surface area contributed by atoms with Gasteiger partial charge in [0.25, 0.3) is 0 Å². The van der Waals surface area contributed by atoms with Crippen LogP contribution in [0.1, 0.15) is 24.4 Å². The summed E-state index contributed by atoms with van der Waals surface area (Å²) in [5.74, 6) is 0.00602. The summed E-state index contributed by atoms with van der Waals surface area (Å²) in [7, 11) is 3.97. The topological polar surface area (TPSA) is 49.6 Å². The highest BCUT2D eigenvalue weighted by Crippen LogP contribution is 2.18. The molecule has 4 heteroatoms. The Balaban J connectivity index is 2.02. The predicted octanol–water partition coefficient (Wildman–Crippen LogP) is 1.24. The SMILES string of the molecule is CN1CCCC(N(C)C(=O)C(N)c2ccccc2)C1. The molecule has 2 N–H and O–H groups in total. The van der Waals surface area contributed by atoms with E-state index >= 15 is 0 Å². The van der Waals surface area contributed by atoms with E-state index in [0.717, 1.165) is 31.5 Å². The van der Waals surface area contributed by atoms with Crippen LogP contribution in [-0.2, 0) is 4.79 Å². The Bertz CT molecular complexity index is 421. The first-order valence-corrected chi connectivity index (χ1v) is 6.85. The van der Waals surface area contributed by atoms with Crippen LogP contribution in [0.25, 0.3) is 0 Å². The third-order valence-electron chi connectivity index (χ3n) is 3.92. The maximum atomic E-state index is 12.4. The number of amides is 1. The molecule has 1 fully saturated rings. The molecule has 0 spiro atoms. The van der Waals surface area contributed by atoms with Crippen molar-refractivity contribution < 1.29 is 4.79 Å². The van der Waals surface area contributed by atoms with Gasteiger partial charge in [-0.2, -0.15) is 0 Å². The van der Waals surface area contributed by atoms with Crippen LogP contribution in [0.5, 0.6) is 0 Å². The van der Waals surface area contributed by atoms with Gasteiger partial charge in [0.15, 0.2) is 0 Å². The van der Waals surface area contributed by atoms with Crippen LogP contribution in [0.2, 0.25) is 0 Å². The number of piperidine rings is 1. The second-order valence-electron chi connectivity index (χ2n) is 5.40. The molecule has 0 aromatic heterocycles. The minimum absolute atomic E-state index is 0.00602. The minimum Gasteiger partial charge on any atom is -0.340 e. The van der Waals surface area contributed by atoms with E-state index in [-0.39, 0.29) is 11.9 Å². The van der Waals surface area contributed by atoms with E-state index in [4.69, 9.17) is 5.73 Å². The van der Waals surface area contributed by atoms with Crippen molar-refractivity contribution in [2.45, 2.75) is 24.9 Å². The zero-order chi connectivity index (χ0) is 13.8. The van der Waals surface area contributed by atoms with Gasteiger partial charge in [0.2, 0.25) is 5.91 Å². The fourth-order valence-electron chi connectivity index (χ4n) is 2.66. The maximum absolute atomic E-state index is 12.4. The molecule has 2 atom stereocenters. The van der Waals surface area contributed by atoms with Crippen molar-refractivity contribution in [2.24, 2.45) is 5.73 Å². The van der Waals surface area contributed by atoms with Gasteiger partial charge in [-0.25, -0.2) is 0 Å². The molecule has 2 unspecified atom stereocenters. The molecule has 2 rings (SSSR count). The van der Waals surface area contributed by atoms with Gasteiger partial charge in [-0.05, 0) is 32.0 Å². The van der Waals surface area contributed by atoms with Gasteiger partial charge in [0.05, 0.1) is 0 Å². The molecule has 1 aromatic carbocycles. The van der Waals surface area contributed by atoms with Crippen LogP contribution < -0.4 is 5.73 Å². The average molecular weight is 261 g/mol. The van der Waals surface area contributed by atoms with Crippen molar-refractivity contribution >= 4 is 5.91 Å². The number of likely N-dealkylation sites (N-methyl/N-ethyl adjacent to an activating group) is 2. The van der Waals surface area contributed by atoms with Gasteiger partial charge < -0.3 is 15.5 Å². The van der Waals surface area contributed by atoms with Crippen molar-refractivity contribution in [3.8, 4) is 0 Å². The van der Waals surface area contributed by atoms with Crippen LogP contribution in [0.15, 0.2) is 30.3 Å². The van der Waals surface area contributed by atoms with Crippen molar-refractivity contribution in [3.63, 3.8) is 0 Å². The van der Waals surface area contributed by atoms with E-state index in [9.17, 15) is 4.79 Å². The van der Waals surface area contributed by atoms with E-state index in [1.165, 1.54) is 0 Å². The number of benzene rings is 1. The van der Waals surface area contributed by atoms with E-state index in [1.54, 1.807) is 0 Å². The molecule has 1 heterocycles. The molecule has 1 aliphatic rings. The number of carbonyl (C=O) groups excluding carboxylic acids is 1. The zero-order valence-electron chi connectivity index (χ0n) is 11.7. The summed E-state index contributed by atoms with van der Waals surface area (Å²) in [5, 5.41) is 0. The minimum atomic E-state index is -0.557. The van der Waals surface area contributed by atoms with Crippen LogP contribution in [-0.4, -0.2) is 48.9 Å². The molecule has 1 aromatic rings. The summed E-state index contributed by atoms with van der Waals surface area (Å²) in [6.07, 6.45) is 2.20. The molecule has 0 saturated carbocycles. The maximum Gasteiger partial charge on any atom is 0.244 e. The molecular formula is C15H23N3O. The lowest BCUT2D eigenvalue weighted by molar-refractivity contribution is -0.134. The number of nitrogens with two attached hydrogens (primary N) is 1. The van der Waals surface area contributed by atoms with Crippen LogP contribution in [0.3, 0.4) is 0 Å². The number of carbonyl (C=O) groups is 1. The van der Waals surface area contributed by atoms with Crippen LogP contribution >= 0.6 is 0 Å². The van der Waals surface area contributed by atoms with Gasteiger partial charge in [-0.15, -0.1) is 0 Å². The Morgan fingerprint density at radius 1 is 1.42 bits per heavy atom. The van der Waals surface area contributed by atoms with Gasteiger partial charge in [-0.3, -0.25) is 4.79 Å². The molecule has 104 valence electrons. The Kier molecular flexibility index (Phi) is 4.56. The summed E-state index contributed by atoms with van der Waals surface area (Å²) < 4.78 is 0. The van der Waals surface area contributed by atoms with Crippen molar-refractivity contribution in [1.82, 2.24) is 9.80 Å². The van der Waals surface area contributed by atoms with Gasteiger partial charge >= 0.3 is 0 Å². The molecular weight excluding hydrogens is 238 g/mol. The molecule has 1 aliphatic heterocycles. The smallest absolute Gasteiger partial charge is 0.244 e. The summed E-state index contributed by atoms with van der Waals surface area (Å²) in [4.78, 5) is 16.5. The fraction of sp³-hybridized carbons (Fsp3) is 0.533. The quantitative estimate of drug-likeness (QED) is 0.890. The van der Waals surface area contributed by atoms with E-state index in [2.05, 4.69) is 11.9 Å². The Labute approximate surface area is 115 Å². The first-order chi connectivity index (χ1) is 9.09. The van der Waals surface area contributed by atoms with Crippen LogP contribution in [0.4, 0.5) is 0 Å². The highest BCUT2D eigenvalue weighted by atomic mass is 16.2. The normalized spacial score (nSPS) is 21.9. The van der Waals surface area contributed by atoms with Gasteiger partial charge in [0, 0.05) is 19.6 Å². The Morgan fingerprint density at radius 2 is 2.11 bits per heavy atom. The monoisotopic (exact) mass is 261 g/mol. The number of likely N-dealkylation sites (tertiary alicyclic amines) is 1. The summed E-state index contributed by atoms with van der Waals surface area (Å²) >= 11 is 0. The summed E-state index contributed by atoms with van der Waals surface area (Å²) in [6, 6.07) is 9.29. The highest BCUT2D eigenvalue weighted by Gasteiger charge is 2.28. The van der Waals surface area contributed by atoms with E-state index in [1.807, 2.05) is 42.3 Å². The highest BCUT2D eigenvalue weighted by molar-refractivity contribution is 5.83. The summed E-state index contributed by atoms with van der Waals surface area (Å²) in [5.41, 5.74) is 6.95. The molecule has 0 bridgehead atoms.